The molecular weight excluding hydrogens is 394 g/mol. The molecule has 0 amide bonds. The molecule has 0 aliphatic carbocycles. The van der Waals surface area contributed by atoms with Crippen molar-refractivity contribution in [3.05, 3.63) is 51.8 Å². The number of thiocarbonyl (C=S) groups is 1. The summed E-state index contributed by atoms with van der Waals surface area (Å²) in [6, 6.07) is 7.23. The van der Waals surface area contributed by atoms with E-state index in [9.17, 15) is 18.5 Å². The number of nitro groups is 1. The largest absolute Gasteiger partial charge is 0.433 e. The van der Waals surface area contributed by atoms with Crippen LogP contribution in [0.4, 0.5) is 11.6 Å². The summed E-state index contributed by atoms with van der Waals surface area (Å²) in [5.41, 5.74) is 3.81. The number of hydrogen-bond acceptors (Lipinski definition) is 7. The molecule has 2 aromatic rings. The first-order valence-corrected chi connectivity index (χ1v) is 9.33. The van der Waals surface area contributed by atoms with E-state index in [0.29, 0.717) is 5.69 Å². The van der Waals surface area contributed by atoms with Gasteiger partial charge in [0.1, 0.15) is 4.92 Å². The number of benzene rings is 1. The third-order valence-electron chi connectivity index (χ3n) is 3.39. The number of anilines is 1. The maximum absolute atomic E-state index is 12.2. The van der Waals surface area contributed by atoms with E-state index in [2.05, 4.69) is 15.8 Å². The van der Waals surface area contributed by atoms with E-state index in [0.717, 1.165) is 9.87 Å². The summed E-state index contributed by atoms with van der Waals surface area (Å²) in [5.74, 6) is -0.223. The highest BCUT2D eigenvalue weighted by Crippen LogP contribution is 2.22. The van der Waals surface area contributed by atoms with Crippen LogP contribution in [0.5, 0.6) is 0 Å². The van der Waals surface area contributed by atoms with Gasteiger partial charge in [0.15, 0.2) is 10.9 Å². The Kier molecular flexibility index (Phi) is 6.25. The van der Waals surface area contributed by atoms with Crippen LogP contribution in [-0.2, 0) is 10.0 Å². The Morgan fingerprint density at radius 2 is 2.04 bits per heavy atom. The predicted molar refractivity (Wildman–Crippen MR) is 104 cm³/mol. The van der Waals surface area contributed by atoms with Crippen LogP contribution >= 0.6 is 12.2 Å². The van der Waals surface area contributed by atoms with Crippen LogP contribution < -0.4 is 10.7 Å². The van der Waals surface area contributed by atoms with Crippen molar-refractivity contribution >= 4 is 45.1 Å². The topological polar surface area (TPSA) is 130 Å². The van der Waals surface area contributed by atoms with Gasteiger partial charge in [0.05, 0.1) is 17.2 Å². The van der Waals surface area contributed by atoms with Crippen LogP contribution in [0.2, 0.25) is 0 Å². The number of nitrogens with zero attached hydrogens (tertiary/aromatic N) is 3. The first-order chi connectivity index (χ1) is 12.6. The highest BCUT2D eigenvalue weighted by Gasteiger charge is 2.18. The van der Waals surface area contributed by atoms with Crippen molar-refractivity contribution in [2.45, 2.75) is 11.8 Å². The fourth-order valence-electron chi connectivity index (χ4n) is 1.92. The number of nitrogens with one attached hydrogen (secondary N) is 2. The third kappa shape index (κ3) is 5.09. The quantitative estimate of drug-likeness (QED) is 0.320. The van der Waals surface area contributed by atoms with Gasteiger partial charge in [-0.1, -0.05) is 6.07 Å². The second-order valence-corrected chi connectivity index (χ2v) is 8.08. The molecule has 10 nitrogen and oxygen atoms in total. The summed E-state index contributed by atoms with van der Waals surface area (Å²) in [6.45, 7) is 1.79. The first kappa shape index (κ1) is 20.5. The Hall–Kier alpha value is -2.83. The first-order valence-electron chi connectivity index (χ1n) is 7.48. The van der Waals surface area contributed by atoms with E-state index in [4.69, 9.17) is 16.6 Å². The van der Waals surface area contributed by atoms with Gasteiger partial charge in [-0.25, -0.2) is 12.7 Å². The van der Waals surface area contributed by atoms with Crippen LogP contribution in [0.15, 0.2) is 44.7 Å². The van der Waals surface area contributed by atoms with Crippen molar-refractivity contribution in [2.24, 2.45) is 5.10 Å². The molecule has 0 spiro atoms. The Morgan fingerprint density at radius 3 is 2.63 bits per heavy atom. The van der Waals surface area contributed by atoms with E-state index >= 15 is 0 Å². The smallest absolute Gasteiger partial charge is 0.400 e. The Labute approximate surface area is 161 Å². The lowest BCUT2D eigenvalue weighted by Gasteiger charge is -2.15. The molecule has 2 N–H and O–H groups in total. The summed E-state index contributed by atoms with van der Waals surface area (Å²) < 4.78 is 30.5. The zero-order chi connectivity index (χ0) is 20.2. The van der Waals surface area contributed by atoms with Crippen LogP contribution in [0.25, 0.3) is 0 Å². The van der Waals surface area contributed by atoms with Crippen molar-refractivity contribution in [1.29, 1.82) is 0 Å². The Bertz CT molecular complexity index is 998. The average Bonchev–Trinajstić information content (AvgIpc) is 3.05. The molecule has 0 fully saturated rings. The summed E-state index contributed by atoms with van der Waals surface area (Å²) in [5, 5.41) is 17.3. The SMILES string of the molecule is Cc1ccc(S(=O)(=O)N(C)C)cc1NC(=S)N/N=C\c1ccc([N+](=O)[O-])o1. The lowest BCUT2D eigenvalue weighted by Crippen LogP contribution is -2.25. The Morgan fingerprint density at radius 1 is 1.33 bits per heavy atom. The van der Waals surface area contributed by atoms with E-state index in [1.54, 1.807) is 13.0 Å². The molecule has 1 heterocycles. The number of hydrazone groups is 1. The predicted octanol–water partition coefficient (Wildman–Crippen LogP) is 2.07. The molecule has 1 aromatic carbocycles. The summed E-state index contributed by atoms with van der Waals surface area (Å²) in [6.07, 6.45) is 1.22. The molecule has 1 aromatic heterocycles. The monoisotopic (exact) mass is 411 g/mol. The third-order valence-corrected chi connectivity index (χ3v) is 5.39. The molecule has 0 saturated carbocycles. The van der Waals surface area contributed by atoms with Gasteiger partial charge in [0, 0.05) is 19.8 Å². The van der Waals surface area contributed by atoms with Crippen molar-refractivity contribution < 1.29 is 17.8 Å². The van der Waals surface area contributed by atoms with Crippen LogP contribution in [0.3, 0.4) is 0 Å². The zero-order valence-corrected chi connectivity index (χ0v) is 16.3. The molecule has 0 radical (unpaired) electrons. The van der Waals surface area contributed by atoms with E-state index in [1.807, 2.05) is 0 Å². The summed E-state index contributed by atoms with van der Waals surface area (Å²) >= 11 is 5.11. The number of hydrogen-bond donors (Lipinski definition) is 2. The van der Waals surface area contributed by atoms with Gasteiger partial charge in [-0.05, 0) is 42.9 Å². The average molecular weight is 411 g/mol. The second kappa shape index (κ2) is 8.24. The lowest BCUT2D eigenvalue weighted by atomic mass is 10.2. The number of sulfonamides is 1. The minimum absolute atomic E-state index is 0.106. The molecule has 12 heteroatoms. The van der Waals surface area contributed by atoms with Gasteiger partial charge >= 0.3 is 5.88 Å². The highest BCUT2D eigenvalue weighted by atomic mass is 32.2. The van der Waals surface area contributed by atoms with Crippen LogP contribution in [0, 0.1) is 17.0 Å². The minimum atomic E-state index is -3.58. The van der Waals surface area contributed by atoms with Crippen molar-refractivity contribution in [3.63, 3.8) is 0 Å². The molecule has 0 saturated heterocycles. The second-order valence-electron chi connectivity index (χ2n) is 5.52. The van der Waals surface area contributed by atoms with Gasteiger partial charge < -0.3 is 9.73 Å². The molecular formula is C15H17N5O5S2. The molecule has 0 aliphatic heterocycles. The lowest BCUT2D eigenvalue weighted by molar-refractivity contribution is -0.402. The number of rotatable bonds is 6. The van der Waals surface area contributed by atoms with E-state index in [-0.39, 0.29) is 15.8 Å². The molecule has 144 valence electrons. The highest BCUT2D eigenvalue weighted by molar-refractivity contribution is 7.89. The van der Waals surface area contributed by atoms with E-state index < -0.39 is 20.8 Å². The fourth-order valence-corrected chi connectivity index (χ4v) is 3.01. The van der Waals surface area contributed by atoms with E-state index in [1.165, 1.54) is 44.6 Å². The van der Waals surface area contributed by atoms with Crippen molar-refractivity contribution in [3.8, 4) is 0 Å². The number of aryl methyl sites for hydroxylation is 1. The summed E-state index contributed by atoms with van der Waals surface area (Å²) in [4.78, 5) is 10.0. The number of furan rings is 1. The molecule has 0 atom stereocenters. The van der Waals surface area contributed by atoms with Gasteiger partial charge in [-0.2, -0.15) is 5.10 Å². The van der Waals surface area contributed by atoms with Crippen LogP contribution in [-0.4, -0.2) is 43.1 Å². The molecule has 0 bridgehead atoms. The standard InChI is InChI=1S/C15H17N5O5S2/c1-10-4-6-12(27(23,24)19(2)3)8-13(10)17-15(26)18-16-9-11-5-7-14(25-11)20(21)22/h4-9H,1-3H3,(H2,17,18,26)/b16-9-. The molecule has 0 unspecified atom stereocenters. The molecule has 27 heavy (non-hydrogen) atoms. The molecule has 2 rings (SSSR count). The maximum Gasteiger partial charge on any atom is 0.433 e. The van der Waals surface area contributed by atoms with Gasteiger partial charge in [-0.15, -0.1) is 0 Å². The van der Waals surface area contributed by atoms with Crippen molar-refractivity contribution in [2.75, 3.05) is 19.4 Å². The zero-order valence-electron chi connectivity index (χ0n) is 14.7. The normalized spacial score (nSPS) is 11.7. The molecule has 0 aliphatic rings. The Balaban J connectivity index is 2.06. The maximum atomic E-state index is 12.2. The fraction of sp³-hybridized carbons (Fsp3) is 0.200. The summed E-state index contributed by atoms with van der Waals surface area (Å²) in [7, 11) is -0.684. The minimum Gasteiger partial charge on any atom is -0.400 e. The van der Waals surface area contributed by atoms with Crippen molar-refractivity contribution in [1.82, 2.24) is 9.73 Å². The van der Waals surface area contributed by atoms with Gasteiger partial charge in [-0.3, -0.25) is 15.5 Å². The van der Waals surface area contributed by atoms with Gasteiger partial charge in [0.25, 0.3) is 0 Å². The van der Waals surface area contributed by atoms with Crippen LogP contribution in [0.1, 0.15) is 11.3 Å². The van der Waals surface area contributed by atoms with Gasteiger partial charge in [0.2, 0.25) is 10.0 Å².